The lowest BCUT2D eigenvalue weighted by Crippen LogP contribution is -2.58. The van der Waals surface area contributed by atoms with Crippen LogP contribution in [0.1, 0.15) is 120 Å². The summed E-state index contributed by atoms with van der Waals surface area (Å²) in [6.45, 7) is 10.2. The number of alkyl halides is 5. The number of rotatable bonds is 16. The Bertz CT molecular complexity index is 3860. The van der Waals surface area contributed by atoms with Gasteiger partial charge in [-0.1, -0.05) is 45.0 Å². The molecule has 3 amide bonds. The SMILES string of the molecule is Cc1ncsc1-c1ccc(CNC(=O)[C@@H]2C[C@@H](O)CN2C(=O)[C@@H](NC(=O)C[C@@H]2CCC3(CCN(C[C@@]4(COc5nc(N6CC7CCC(C6)N7)c6c(n5)sc5c(-c7c(C8CC8)c(C(F)(F)F)cc8[nH]ncc78)nccc56)CC4(F)F)CC3)OC2)C(C)(C)C)cc1. The van der Waals surface area contributed by atoms with Crippen LogP contribution in [0.4, 0.5) is 27.8 Å². The molecule has 1 spiro atoms. The van der Waals surface area contributed by atoms with E-state index >= 15 is 8.78 Å². The Morgan fingerprint density at radius 2 is 1.71 bits per heavy atom. The van der Waals surface area contributed by atoms with Crippen molar-refractivity contribution in [1.29, 1.82) is 0 Å². The number of anilines is 1. The highest BCUT2D eigenvalue weighted by Crippen LogP contribution is 2.61. The Kier molecular flexibility index (Phi) is 15.3. The molecule has 14 rings (SSSR count). The summed E-state index contributed by atoms with van der Waals surface area (Å²) >= 11 is 2.85. The molecule has 2 bridgehead atoms. The molecule has 2 unspecified atom stereocenters. The number of ether oxygens (including phenoxy) is 2. The molecule has 7 fully saturated rings. The lowest BCUT2D eigenvalue weighted by Gasteiger charge is -2.46. The van der Waals surface area contributed by atoms with Crippen molar-refractivity contribution in [3.8, 4) is 27.7 Å². The number of nitrogens with zero attached hydrogens (tertiary/aromatic N) is 8. The predicted octanol–water partition coefficient (Wildman–Crippen LogP) is 9.92. The number of aliphatic hydroxyl groups is 1. The number of halogens is 5. The van der Waals surface area contributed by atoms with Gasteiger partial charge in [-0.2, -0.15) is 28.2 Å². The van der Waals surface area contributed by atoms with Crippen molar-refractivity contribution < 1.29 is 50.9 Å². The van der Waals surface area contributed by atoms with E-state index < -0.39 is 58.2 Å². The van der Waals surface area contributed by atoms with E-state index in [4.69, 9.17) is 24.4 Å². The number of amides is 3. The maximum Gasteiger partial charge on any atom is 0.416 e. The summed E-state index contributed by atoms with van der Waals surface area (Å²) in [5.74, 6) is -3.94. The monoisotopic (exact) mass is 1260 g/mol. The highest BCUT2D eigenvalue weighted by atomic mass is 32.1. The third-order valence-corrected chi connectivity index (χ3v) is 21.9. The fourth-order valence-electron chi connectivity index (χ4n) is 14.6. The van der Waals surface area contributed by atoms with Gasteiger partial charge in [0.25, 0.3) is 5.92 Å². The summed E-state index contributed by atoms with van der Waals surface area (Å²) in [6.07, 6.45) is 3.37. The number of aryl methyl sites for hydroxylation is 1. The third-order valence-electron chi connectivity index (χ3n) is 19.8. The third kappa shape index (κ3) is 11.6. The van der Waals surface area contributed by atoms with E-state index in [0.29, 0.717) is 103 Å². The van der Waals surface area contributed by atoms with Gasteiger partial charge in [0.05, 0.1) is 72.9 Å². The Hall–Kier alpha value is -6.51. The zero-order valence-electron chi connectivity index (χ0n) is 50.2. The summed E-state index contributed by atoms with van der Waals surface area (Å²) in [4.78, 5) is 68.2. The van der Waals surface area contributed by atoms with Gasteiger partial charge in [0.1, 0.15) is 29.3 Å². The highest BCUT2D eigenvalue weighted by molar-refractivity contribution is 7.26. The first kappa shape index (κ1) is 60.1. The van der Waals surface area contributed by atoms with E-state index in [9.17, 15) is 32.7 Å². The van der Waals surface area contributed by atoms with Gasteiger partial charge >= 0.3 is 12.2 Å². The van der Waals surface area contributed by atoms with Gasteiger partial charge in [-0.15, -0.1) is 22.7 Å². The normalized spacial score (nSPS) is 25.5. The van der Waals surface area contributed by atoms with Crippen LogP contribution in [-0.4, -0.2) is 157 Å². The van der Waals surface area contributed by atoms with Gasteiger partial charge in [0, 0.05) is 99.7 Å². The Morgan fingerprint density at radius 1 is 0.955 bits per heavy atom. The number of β-amino-alcohol motifs (C(OH)–C–C–N with tert-alkyl or cyclic N) is 1. The minimum Gasteiger partial charge on any atom is -0.462 e. The van der Waals surface area contributed by atoms with Crippen LogP contribution >= 0.6 is 22.7 Å². The number of aromatic amines is 1. The van der Waals surface area contributed by atoms with Crippen LogP contribution in [0.5, 0.6) is 6.01 Å². The summed E-state index contributed by atoms with van der Waals surface area (Å²) in [5.41, 5.74) is 2.55. The molecule has 5 aliphatic heterocycles. The standard InChI is InChI=1S/C64H73F5N12O6S2/c1-34-52(88-33-72-34)38-7-5-35(6-8-38)24-71-56(84)46-22-41(82)28-81(46)58(85)54(60(2,3)4)75-47(83)21-36-13-15-62(87-29-36)16-19-79(20-17-62)31-61(30-63(61,65)66)32-86-59-76-55(80-26-39-11-12-40(27-80)74-39)50-42-14-18-70-51(53(42)89-57(50)77-59)49-43-25-73-78-45(43)23-44(64(67,68)69)48(49)37-9-10-37/h5-8,14,18,23,25,33,36-37,39-41,46,54,74,82H,9-13,15-17,19-22,24,26-32H2,1-4H3,(H,71,84)(H,73,78)(H,75,83)/t36-,39?,40?,41+,46-,54+,61+/m0/s1. The molecule has 18 nitrogen and oxygen atoms in total. The lowest BCUT2D eigenvalue weighted by molar-refractivity contribution is -0.146. The number of benzene rings is 2. The molecule has 2 aromatic carbocycles. The first-order chi connectivity index (χ1) is 42.5. The van der Waals surface area contributed by atoms with Crippen molar-refractivity contribution in [2.24, 2.45) is 16.7 Å². The van der Waals surface area contributed by atoms with Crippen LogP contribution in [-0.2, 0) is 31.8 Å². The lowest BCUT2D eigenvalue weighted by atomic mass is 9.80. The number of thiophene rings is 1. The van der Waals surface area contributed by atoms with Crippen LogP contribution in [0.3, 0.4) is 0 Å². The first-order valence-electron chi connectivity index (χ1n) is 31.1. The predicted molar refractivity (Wildman–Crippen MR) is 328 cm³/mol. The molecule has 7 aromatic rings. The molecule has 25 heteroatoms. The molecule has 7 aliphatic rings. The average molecular weight is 1270 g/mol. The zero-order chi connectivity index (χ0) is 61.9. The molecule has 7 atom stereocenters. The van der Waals surface area contributed by atoms with Crippen molar-refractivity contribution in [3.05, 3.63) is 76.7 Å². The fraction of sp³-hybridized carbons (Fsp3) is 0.562. The Labute approximate surface area is 519 Å². The molecule has 10 heterocycles. The van der Waals surface area contributed by atoms with Crippen LogP contribution in [0.2, 0.25) is 0 Å². The molecular weight excluding hydrogens is 1190 g/mol. The maximum absolute atomic E-state index is 15.9. The molecule has 2 saturated carbocycles. The number of H-pyrrole nitrogens is 1. The van der Waals surface area contributed by atoms with Crippen LogP contribution in [0, 0.1) is 23.7 Å². The van der Waals surface area contributed by atoms with Crippen molar-refractivity contribution in [3.63, 3.8) is 0 Å². The molecule has 5 aromatic heterocycles. The minimum absolute atomic E-state index is 0.0358. The van der Waals surface area contributed by atoms with Crippen molar-refractivity contribution in [2.45, 2.75) is 159 Å². The Morgan fingerprint density at radius 3 is 2.37 bits per heavy atom. The van der Waals surface area contributed by atoms with E-state index in [0.717, 1.165) is 51.4 Å². The van der Waals surface area contributed by atoms with Crippen molar-refractivity contribution in [2.75, 3.05) is 57.4 Å². The quantitative estimate of drug-likeness (QED) is 0.0570. The number of aromatic nitrogens is 6. The van der Waals surface area contributed by atoms with E-state index in [1.54, 1.807) is 29.2 Å². The van der Waals surface area contributed by atoms with E-state index in [2.05, 4.69) is 40.9 Å². The molecule has 5 saturated heterocycles. The average Bonchev–Trinajstić information content (AvgIpc) is 1.62. The first-order valence-corrected chi connectivity index (χ1v) is 32.8. The maximum atomic E-state index is 15.9. The molecule has 89 heavy (non-hydrogen) atoms. The second-order valence-electron chi connectivity index (χ2n) is 27.3. The number of piperidine rings is 1. The second-order valence-corrected chi connectivity index (χ2v) is 29.1. The second kappa shape index (κ2) is 22.7. The number of thiazole rings is 1. The largest absolute Gasteiger partial charge is 0.462 e. The number of pyridine rings is 1. The van der Waals surface area contributed by atoms with Crippen LogP contribution < -0.4 is 25.6 Å². The number of hydrogen-bond acceptors (Lipinski definition) is 16. The Balaban J connectivity index is 0.614. The number of nitrogens with one attached hydrogen (secondary N) is 4. The van der Waals surface area contributed by atoms with Crippen LogP contribution in [0.25, 0.3) is 52.9 Å². The number of piperazine rings is 1. The summed E-state index contributed by atoms with van der Waals surface area (Å²) in [7, 11) is 0. The van der Waals surface area contributed by atoms with E-state index in [1.807, 2.05) is 58.0 Å². The van der Waals surface area contributed by atoms with Gasteiger partial charge in [-0.25, -0.2) is 13.8 Å². The van der Waals surface area contributed by atoms with Crippen molar-refractivity contribution >= 4 is 77.4 Å². The van der Waals surface area contributed by atoms with Crippen molar-refractivity contribution in [1.82, 2.24) is 55.9 Å². The number of aliphatic hydroxyl groups excluding tert-OH is 1. The summed E-state index contributed by atoms with van der Waals surface area (Å²) < 4.78 is 90.0. The van der Waals surface area contributed by atoms with Gasteiger partial charge < -0.3 is 45.2 Å². The van der Waals surface area contributed by atoms with Gasteiger partial charge in [-0.3, -0.25) is 24.5 Å². The minimum atomic E-state index is -4.61. The fourth-order valence-corrected chi connectivity index (χ4v) is 16.6. The molecule has 0 radical (unpaired) electrons. The summed E-state index contributed by atoms with van der Waals surface area (Å²) in [5, 5.41) is 29.3. The molecule has 5 N–H and O–H groups in total. The summed E-state index contributed by atoms with van der Waals surface area (Å²) in [6, 6.07) is 9.37. The zero-order valence-corrected chi connectivity index (χ0v) is 51.8. The van der Waals surface area contributed by atoms with Gasteiger partial charge in [0.2, 0.25) is 17.7 Å². The molecule has 472 valence electrons. The highest BCUT2D eigenvalue weighted by Gasteiger charge is 2.72. The number of carbonyl (C=O) groups excluding carboxylic acids is 3. The molecule has 2 aliphatic carbocycles. The van der Waals surface area contributed by atoms with Crippen LogP contribution in [0.15, 0.2) is 54.3 Å². The smallest absolute Gasteiger partial charge is 0.416 e. The number of hydrogen-bond donors (Lipinski definition) is 5. The van der Waals surface area contributed by atoms with E-state index in [1.165, 1.54) is 16.2 Å². The number of carbonyl (C=O) groups is 3. The number of likely N-dealkylation sites (tertiary alicyclic amines) is 2. The number of fused-ring (bicyclic) bond motifs is 6. The van der Waals surface area contributed by atoms with Gasteiger partial charge in [-0.05, 0) is 104 Å². The van der Waals surface area contributed by atoms with Gasteiger partial charge in [0.15, 0.2) is 0 Å². The molecular formula is C64H73F5N12O6S2. The van der Waals surface area contributed by atoms with E-state index in [-0.39, 0.29) is 98.3 Å². The topological polar surface area (TPSA) is 216 Å².